The Hall–Kier alpha value is -3.00. The van der Waals surface area contributed by atoms with E-state index in [9.17, 15) is 4.79 Å². The summed E-state index contributed by atoms with van der Waals surface area (Å²) in [5.41, 5.74) is 5.79. The zero-order valence-electron chi connectivity index (χ0n) is 16.5. The van der Waals surface area contributed by atoms with Gasteiger partial charge in [0.25, 0.3) is 5.91 Å². The van der Waals surface area contributed by atoms with Crippen LogP contribution in [0.1, 0.15) is 28.8 Å². The summed E-state index contributed by atoms with van der Waals surface area (Å²) in [5.74, 6) is 0.148. The minimum atomic E-state index is -0.331. The highest BCUT2D eigenvalue weighted by molar-refractivity contribution is 7.18. The molecule has 1 N–H and O–H groups in total. The van der Waals surface area contributed by atoms with Crippen LogP contribution in [0.15, 0.2) is 35.7 Å². The third kappa shape index (κ3) is 4.37. The molecular formula is C21H23N5O2S. The molecule has 3 aromatic rings. The lowest BCUT2D eigenvalue weighted by atomic mass is 9.97. The van der Waals surface area contributed by atoms with Crippen LogP contribution in [-0.2, 0) is 17.6 Å². The van der Waals surface area contributed by atoms with Crippen molar-refractivity contribution in [3.63, 3.8) is 0 Å². The summed E-state index contributed by atoms with van der Waals surface area (Å²) in [5, 5.41) is 4.96. The van der Waals surface area contributed by atoms with Crippen LogP contribution in [-0.4, -0.2) is 42.8 Å². The minimum absolute atomic E-state index is 0.145. The molecule has 29 heavy (non-hydrogen) atoms. The number of nitrogens with one attached hydrogen (secondary N) is 1. The van der Waals surface area contributed by atoms with Gasteiger partial charge in [0.2, 0.25) is 5.88 Å². The fourth-order valence-electron chi connectivity index (χ4n) is 3.37. The Morgan fingerprint density at radius 1 is 1.24 bits per heavy atom. The van der Waals surface area contributed by atoms with E-state index < -0.39 is 0 Å². The monoisotopic (exact) mass is 409 g/mol. The van der Waals surface area contributed by atoms with Gasteiger partial charge in [0.05, 0.1) is 11.6 Å². The van der Waals surface area contributed by atoms with Gasteiger partial charge in [-0.2, -0.15) is 5.10 Å². The number of aromatic nitrogens is 2. The molecule has 0 bridgehead atoms. The molecule has 4 rings (SSSR count). The van der Waals surface area contributed by atoms with Gasteiger partial charge in [-0.05, 0) is 48.9 Å². The molecule has 0 atom stereocenters. The number of hydrazone groups is 1. The summed E-state index contributed by atoms with van der Waals surface area (Å²) in [6, 6.07) is 7.88. The van der Waals surface area contributed by atoms with Crippen molar-refractivity contribution >= 4 is 39.4 Å². The van der Waals surface area contributed by atoms with Gasteiger partial charge in [-0.1, -0.05) is 12.1 Å². The van der Waals surface area contributed by atoms with Crippen molar-refractivity contribution in [3.05, 3.63) is 46.6 Å². The molecule has 0 aliphatic heterocycles. The minimum Gasteiger partial charge on any atom is -0.467 e. The summed E-state index contributed by atoms with van der Waals surface area (Å²) in [6.07, 6.45) is 7.57. The molecule has 2 heterocycles. The molecule has 0 radical (unpaired) electrons. The molecule has 1 aliphatic carbocycles. The van der Waals surface area contributed by atoms with E-state index in [-0.39, 0.29) is 12.5 Å². The molecule has 150 valence electrons. The molecular weight excluding hydrogens is 386 g/mol. The fraction of sp³-hybridized carbons (Fsp3) is 0.333. The van der Waals surface area contributed by atoms with E-state index in [0.29, 0.717) is 5.88 Å². The van der Waals surface area contributed by atoms with Crippen molar-refractivity contribution in [3.8, 4) is 5.88 Å². The van der Waals surface area contributed by atoms with Crippen LogP contribution in [0.3, 0.4) is 0 Å². The topological polar surface area (TPSA) is 79.7 Å². The molecule has 1 aromatic carbocycles. The predicted molar refractivity (Wildman–Crippen MR) is 116 cm³/mol. The Bertz CT molecular complexity index is 1040. The lowest BCUT2D eigenvalue weighted by Crippen LogP contribution is -2.25. The number of nitrogens with zero attached hydrogens (tertiary/aromatic N) is 4. The summed E-state index contributed by atoms with van der Waals surface area (Å²) in [4.78, 5) is 25.1. The van der Waals surface area contributed by atoms with E-state index in [1.54, 1.807) is 17.6 Å². The summed E-state index contributed by atoms with van der Waals surface area (Å²) in [7, 11) is 3.97. The fourth-order valence-corrected chi connectivity index (χ4v) is 4.59. The lowest BCUT2D eigenvalue weighted by Gasteiger charge is -2.12. The maximum atomic E-state index is 12.1. The molecule has 0 spiro atoms. The first-order chi connectivity index (χ1) is 14.1. The van der Waals surface area contributed by atoms with Crippen LogP contribution in [0.5, 0.6) is 5.88 Å². The molecule has 0 fully saturated rings. The zero-order valence-corrected chi connectivity index (χ0v) is 17.3. The smallest absolute Gasteiger partial charge is 0.278 e. The first-order valence-corrected chi connectivity index (χ1v) is 10.4. The van der Waals surface area contributed by atoms with Crippen LogP contribution in [0.25, 0.3) is 10.2 Å². The van der Waals surface area contributed by atoms with Crippen molar-refractivity contribution in [1.82, 2.24) is 15.4 Å². The van der Waals surface area contributed by atoms with Gasteiger partial charge >= 0.3 is 0 Å². The molecule has 0 unspecified atom stereocenters. The third-order valence-electron chi connectivity index (χ3n) is 4.87. The van der Waals surface area contributed by atoms with Crippen molar-refractivity contribution in [1.29, 1.82) is 0 Å². The quantitative estimate of drug-likeness (QED) is 0.500. The second-order valence-electron chi connectivity index (χ2n) is 7.14. The van der Waals surface area contributed by atoms with Gasteiger partial charge < -0.3 is 9.64 Å². The van der Waals surface area contributed by atoms with E-state index in [0.717, 1.165) is 40.7 Å². The summed E-state index contributed by atoms with van der Waals surface area (Å²) >= 11 is 1.70. The number of hydrogen-bond acceptors (Lipinski definition) is 7. The van der Waals surface area contributed by atoms with Gasteiger partial charge in [-0.3, -0.25) is 4.79 Å². The second-order valence-corrected chi connectivity index (χ2v) is 8.22. The SMILES string of the molecule is CN(C)c1ccc(/C=N/NC(=O)COc2ncnc3sc4c(c23)CCCC4)cc1. The number of amides is 1. The molecule has 0 saturated carbocycles. The van der Waals surface area contributed by atoms with Crippen LogP contribution in [0.4, 0.5) is 5.69 Å². The number of benzene rings is 1. The van der Waals surface area contributed by atoms with Crippen molar-refractivity contribution in [2.45, 2.75) is 25.7 Å². The molecule has 1 aliphatic rings. The zero-order chi connectivity index (χ0) is 20.2. The van der Waals surface area contributed by atoms with E-state index in [1.165, 1.54) is 23.2 Å². The summed E-state index contributed by atoms with van der Waals surface area (Å²) < 4.78 is 5.71. The number of aryl methyl sites for hydroxylation is 2. The van der Waals surface area contributed by atoms with Crippen LogP contribution in [0.2, 0.25) is 0 Å². The third-order valence-corrected chi connectivity index (χ3v) is 6.07. The van der Waals surface area contributed by atoms with E-state index in [2.05, 4.69) is 20.5 Å². The number of carbonyl (C=O) groups is 1. The van der Waals surface area contributed by atoms with Gasteiger partial charge in [0, 0.05) is 24.7 Å². The maximum Gasteiger partial charge on any atom is 0.278 e. The van der Waals surface area contributed by atoms with Gasteiger partial charge in [0.1, 0.15) is 11.2 Å². The Balaban J connectivity index is 1.37. The number of hydrogen-bond donors (Lipinski definition) is 1. The molecule has 7 nitrogen and oxygen atoms in total. The highest BCUT2D eigenvalue weighted by atomic mass is 32.1. The van der Waals surface area contributed by atoms with Gasteiger partial charge in [-0.25, -0.2) is 15.4 Å². The average molecular weight is 410 g/mol. The first kappa shape index (κ1) is 19.3. The highest BCUT2D eigenvalue weighted by Crippen LogP contribution is 2.38. The summed E-state index contributed by atoms with van der Waals surface area (Å²) in [6.45, 7) is -0.145. The van der Waals surface area contributed by atoms with E-state index >= 15 is 0 Å². The number of fused-ring (bicyclic) bond motifs is 3. The maximum absolute atomic E-state index is 12.1. The Morgan fingerprint density at radius 3 is 2.83 bits per heavy atom. The standard InChI is InChI=1S/C21H23N5O2S/c1-26(2)15-9-7-14(8-10-15)11-24-25-18(27)12-28-20-19-16-5-3-4-6-17(16)29-21(19)23-13-22-20/h7-11,13H,3-6,12H2,1-2H3,(H,25,27)/b24-11+. The average Bonchev–Trinajstić information content (AvgIpc) is 3.12. The van der Waals surface area contributed by atoms with Crippen molar-refractivity contribution in [2.24, 2.45) is 5.10 Å². The van der Waals surface area contributed by atoms with Crippen LogP contribution < -0.4 is 15.1 Å². The van der Waals surface area contributed by atoms with E-state index in [1.807, 2.05) is 43.3 Å². The Kier molecular flexibility index (Phi) is 5.71. The Morgan fingerprint density at radius 2 is 2.03 bits per heavy atom. The van der Waals surface area contributed by atoms with Crippen molar-refractivity contribution in [2.75, 3.05) is 25.6 Å². The number of thiophene rings is 1. The van der Waals surface area contributed by atoms with Crippen LogP contribution >= 0.6 is 11.3 Å². The van der Waals surface area contributed by atoms with Crippen molar-refractivity contribution < 1.29 is 9.53 Å². The normalized spacial score (nSPS) is 13.4. The molecule has 2 aromatic heterocycles. The first-order valence-electron chi connectivity index (χ1n) is 9.59. The largest absolute Gasteiger partial charge is 0.467 e. The van der Waals surface area contributed by atoms with Gasteiger partial charge in [0.15, 0.2) is 6.61 Å². The van der Waals surface area contributed by atoms with Crippen LogP contribution in [0, 0.1) is 0 Å². The molecule has 1 amide bonds. The highest BCUT2D eigenvalue weighted by Gasteiger charge is 2.20. The predicted octanol–water partition coefficient (Wildman–Crippen LogP) is 3.17. The Labute approximate surface area is 173 Å². The molecule has 0 saturated heterocycles. The molecule has 8 heteroatoms. The number of rotatable bonds is 6. The number of carbonyl (C=O) groups excluding carboxylic acids is 1. The second kappa shape index (κ2) is 8.57. The number of ether oxygens (including phenoxy) is 1. The number of anilines is 1. The van der Waals surface area contributed by atoms with E-state index in [4.69, 9.17) is 4.74 Å². The lowest BCUT2D eigenvalue weighted by molar-refractivity contribution is -0.123. The van der Waals surface area contributed by atoms with Gasteiger partial charge in [-0.15, -0.1) is 11.3 Å².